The van der Waals surface area contributed by atoms with Crippen molar-refractivity contribution in [1.29, 1.82) is 0 Å². The van der Waals surface area contributed by atoms with Gasteiger partial charge in [0.1, 0.15) is 5.82 Å². The van der Waals surface area contributed by atoms with Gasteiger partial charge in [0.05, 0.1) is 11.3 Å². The van der Waals surface area contributed by atoms with Gasteiger partial charge >= 0.3 is 6.03 Å². The lowest BCUT2D eigenvalue weighted by Crippen LogP contribution is -2.35. The maximum Gasteiger partial charge on any atom is 0.319 e. The molecule has 1 aromatic heterocycles. The summed E-state index contributed by atoms with van der Waals surface area (Å²) >= 11 is 0. The van der Waals surface area contributed by atoms with Crippen molar-refractivity contribution in [2.24, 2.45) is 0 Å². The van der Waals surface area contributed by atoms with Crippen molar-refractivity contribution in [2.75, 3.05) is 24.3 Å². The standard InChI is InChI=1S/C19H25N5O2/c1-13(2)22-19(26)23-16-10-6-5-9-15(16)18(25)21-12-14-8-7-11-20-17(14)24(3)4/h5-11,13H,12H2,1-4H3,(H,21,25)(H2,22,23,26). The van der Waals surface area contributed by atoms with E-state index in [1.807, 2.05) is 45.0 Å². The van der Waals surface area contributed by atoms with Crippen molar-refractivity contribution < 1.29 is 9.59 Å². The molecule has 1 aromatic carbocycles. The Labute approximate surface area is 153 Å². The summed E-state index contributed by atoms with van der Waals surface area (Å²) in [5.74, 6) is 0.537. The van der Waals surface area contributed by atoms with Crippen LogP contribution in [0.3, 0.4) is 0 Å². The highest BCUT2D eigenvalue weighted by Gasteiger charge is 2.14. The highest BCUT2D eigenvalue weighted by atomic mass is 16.2. The van der Waals surface area contributed by atoms with E-state index in [1.165, 1.54) is 0 Å². The van der Waals surface area contributed by atoms with Gasteiger partial charge in [-0.3, -0.25) is 4.79 Å². The number of benzene rings is 1. The number of urea groups is 1. The van der Waals surface area contributed by atoms with Crippen LogP contribution in [0, 0.1) is 0 Å². The molecule has 7 nitrogen and oxygen atoms in total. The predicted molar refractivity (Wildman–Crippen MR) is 103 cm³/mol. The van der Waals surface area contributed by atoms with Crippen LogP contribution in [0.1, 0.15) is 29.8 Å². The molecule has 0 radical (unpaired) electrons. The molecule has 0 aliphatic heterocycles. The number of amides is 3. The first-order valence-electron chi connectivity index (χ1n) is 8.44. The first-order chi connectivity index (χ1) is 12.4. The molecule has 2 rings (SSSR count). The average Bonchev–Trinajstić information content (AvgIpc) is 2.59. The average molecular weight is 355 g/mol. The number of rotatable bonds is 6. The summed E-state index contributed by atoms with van der Waals surface area (Å²) in [6.07, 6.45) is 1.72. The summed E-state index contributed by atoms with van der Waals surface area (Å²) in [5, 5.41) is 8.35. The highest BCUT2D eigenvalue weighted by molar-refractivity contribution is 6.03. The number of para-hydroxylation sites is 1. The zero-order chi connectivity index (χ0) is 19.1. The van der Waals surface area contributed by atoms with Crippen LogP contribution in [0.4, 0.5) is 16.3 Å². The van der Waals surface area contributed by atoms with Crippen molar-refractivity contribution in [2.45, 2.75) is 26.4 Å². The quantitative estimate of drug-likeness (QED) is 0.743. The minimum Gasteiger partial charge on any atom is -0.362 e. The van der Waals surface area contributed by atoms with E-state index in [0.717, 1.165) is 11.4 Å². The molecule has 0 aliphatic rings. The van der Waals surface area contributed by atoms with Crippen LogP contribution in [-0.4, -0.2) is 37.1 Å². The second kappa shape index (κ2) is 8.84. The molecule has 0 saturated heterocycles. The summed E-state index contributed by atoms with van der Waals surface area (Å²) < 4.78 is 0. The lowest BCUT2D eigenvalue weighted by Gasteiger charge is -2.17. The fraction of sp³-hybridized carbons (Fsp3) is 0.316. The van der Waals surface area contributed by atoms with Crippen LogP contribution in [0.15, 0.2) is 42.6 Å². The number of aromatic nitrogens is 1. The summed E-state index contributed by atoms with van der Waals surface area (Å²) in [6, 6.07) is 10.3. The second-order valence-corrected chi connectivity index (χ2v) is 6.36. The van der Waals surface area contributed by atoms with Gasteiger partial charge < -0.3 is 20.9 Å². The van der Waals surface area contributed by atoms with E-state index in [1.54, 1.807) is 30.5 Å². The smallest absolute Gasteiger partial charge is 0.319 e. The third kappa shape index (κ3) is 5.20. The second-order valence-electron chi connectivity index (χ2n) is 6.36. The molecule has 2 aromatic rings. The van der Waals surface area contributed by atoms with Gasteiger partial charge in [-0.1, -0.05) is 18.2 Å². The number of anilines is 2. The van der Waals surface area contributed by atoms with Crippen LogP contribution in [0.5, 0.6) is 0 Å². The van der Waals surface area contributed by atoms with Crippen LogP contribution in [0.25, 0.3) is 0 Å². The van der Waals surface area contributed by atoms with Gasteiger partial charge in [0, 0.05) is 38.4 Å². The first-order valence-corrected chi connectivity index (χ1v) is 8.44. The Hall–Kier alpha value is -3.09. The Bertz CT molecular complexity index is 774. The van der Waals surface area contributed by atoms with E-state index >= 15 is 0 Å². The monoisotopic (exact) mass is 355 g/mol. The topological polar surface area (TPSA) is 86.4 Å². The molecular formula is C19H25N5O2. The molecule has 0 aliphatic carbocycles. The summed E-state index contributed by atoms with van der Waals surface area (Å²) in [7, 11) is 3.81. The number of hydrogen-bond acceptors (Lipinski definition) is 4. The fourth-order valence-electron chi connectivity index (χ4n) is 2.45. The van der Waals surface area contributed by atoms with Crippen molar-refractivity contribution in [3.63, 3.8) is 0 Å². The molecule has 3 amide bonds. The number of hydrogen-bond donors (Lipinski definition) is 3. The number of carbonyl (C=O) groups is 2. The van der Waals surface area contributed by atoms with E-state index in [9.17, 15) is 9.59 Å². The van der Waals surface area contributed by atoms with Gasteiger partial charge in [-0.05, 0) is 32.0 Å². The van der Waals surface area contributed by atoms with Crippen molar-refractivity contribution in [1.82, 2.24) is 15.6 Å². The lowest BCUT2D eigenvalue weighted by molar-refractivity contribution is 0.0952. The zero-order valence-corrected chi connectivity index (χ0v) is 15.5. The highest BCUT2D eigenvalue weighted by Crippen LogP contribution is 2.17. The van der Waals surface area contributed by atoms with Gasteiger partial charge in [0.2, 0.25) is 0 Å². The molecule has 26 heavy (non-hydrogen) atoms. The van der Waals surface area contributed by atoms with Crippen LogP contribution < -0.4 is 20.9 Å². The lowest BCUT2D eigenvalue weighted by atomic mass is 10.1. The fourth-order valence-corrected chi connectivity index (χ4v) is 2.45. The SMILES string of the molecule is CC(C)NC(=O)Nc1ccccc1C(=O)NCc1cccnc1N(C)C. The Balaban J connectivity index is 2.10. The largest absolute Gasteiger partial charge is 0.362 e. The molecule has 0 spiro atoms. The predicted octanol–water partition coefficient (Wildman–Crippen LogP) is 2.61. The van der Waals surface area contributed by atoms with Crippen LogP contribution in [-0.2, 0) is 6.54 Å². The van der Waals surface area contributed by atoms with E-state index in [4.69, 9.17) is 0 Å². The minimum atomic E-state index is -0.345. The van der Waals surface area contributed by atoms with Crippen LogP contribution >= 0.6 is 0 Å². The number of carbonyl (C=O) groups excluding carboxylic acids is 2. The summed E-state index contributed by atoms with van der Waals surface area (Å²) in [6.45, 7) is 4.08. The zero-order valence-electron chi connectivity index (χ0n) is 15.5. The van der Waals surface area contributed by atoms with Gasteiger partial charge in [0.25, 0.3) is 5.91 Å². The van der Waals surface area contributed by atoms with E-state index < -0.39 is 0 Å². The number of nitrogens with one attached hydrogen (secondary N) is 3. The van der Waals surface area contributed by atoms with Gasteiger partial charge in [-0.2, -0.15) is 0 Å². The Morgan fingerprint density at radius 1 is 1.12 bits per heavy atom. The first kappa shape index (κ1) is 19.2. The molecule has 138 valence electrons. The van der Waals surface area contributed by atoms with E-state index in [0.29, 0.717) is 17.8 Å². The molecule has 7 heteroatoms. The minimum absolute atomic E-state index is 0.00558. The number of pyridine rings is 1. The molecule has 0 unspecified atom stereocenters. The molecule has 0 atom stereocenters. The number of nitrogens with zero attached hydrogens (tertiary/aromatic N) is 2. The maximum absolute atomic E-state index is 12.6. The third-order valence-corrected chi connectivity index (χ3v) is 3.57. The van der Waals surface area contributed by atoms with Crippen molar-refractivity contribution in [3.05, 3.63) is 53.7 Å². The molecule has 1 heterocycles. The molecular weight excluding hydrogens is 330 g/mol. The van der Waals surface area contributed by atoms with Gasteiger partial charge in [-0.25, -0.2) is 9.78 Å². The Kier molecular flexibility index (Phi) is 6.54. The molecule has 3 N–H and O–H groups in total. The Morgan fingerprint density at radius 2 is 1.85 bits per heavy atom. The Morgan fingerprint density at radius 3 is 2.54 bits per heavy atom. The van der Waals surface area contributed by atoms with Crippen molar-refractivity contribution >= 4 is 23.4 Å². The molecule has 0 saturated carbocycles. The summed E-state index contributed by atoms with van der Waals surface area (Å²) in [5.41, 5.74) is 1.78. The normalized spacial score (nSPS) is 10.3. The summed E-state index contributed by atoms with van der Waals surface area (Å²) in [4.78, 5) is 30.8. The van der Waals surface area contributed by atoms with E-state index in [2.05, 4.69) is 20.9 Å². The van der Waals surface area contributed by atoms with Crippen molar-refractivity contribution in [3.8, 4) is 0 Å². The van der Waals surface area contributed by atoms with Gasteiger partial charge in [0.15, 0.2) is 0 Å². The van der Waals surface area contributed by atoms with Gasteiger partial charge in [-0.15, -0.1) is 0 Å². The third-order valence-electron chi connectivity index (χ3n) is 3.57. The maximum atomic E-state index is 12.6. The van der Waals surface area contributed by atoms with Crippen LogP contribution in [0.2, 0.25) is 0 Å². The van der Waals surface area contributed by atoms with E-state index in [-0.39, 0.29) is 18.0 Å². The molecule has 0 fully saturated rings. The molecule has 0 bridgehead atoms.